The van der Waals surface area contributed by atoms with Gasteiger partial charge in [-0.1, -0.05) is 20.3 Å². The lowest BCUT2D eigenvalue weighted by Crippen LogP contribution is -2.28. The van der Waals surface area contributed by atoms with Gasteiger partial charge in [-0.15, -0.1) is 0 Å². The molecule has 19 heavy (non-hydrogen) atoms. The normalized spacial score (nSPS) is 13.2. The van der Waals surface area contributed by atoms with Gasteiger partial charge in [0.2, 0.25) is 0 Å². The molecule has 0 bridgehead atoms. The molecule has 1 rings (SSSR count). The van der Waals surface area contributed by atoms with Crippen LogP contribution in [0.25, 0.3) is 0 Å². The van der Waals surface area contributed by atoms with Crippen molar-refractivity contribution in [2.45, 2.75) is 44.0 Å². The van der Waals surface area contributed by atoms with Gasteiger partial charge in [0.15, 0.2) is 9.84 Å². The molecule has 5 heteroatoms. The first-order chi connectivity index (χ1) is 9.03. The summed E-state index contributed by atoms with van der Waals surface area (Å²) in [4.78, 5) is 0.389. The zero-order valence-corrected chi connectivity index (χ0v) is 12.5. The van der Waals surface area contributed by atoms with Gasteiger partial charge in [0.25, 0.3) is 0 Å². The highest BCUT2D eigenvalue weighted by molar-refractivity contribution is 7.91. The van der Waals surface area contributed by atoms with E-state index in [1.165, 1.54) is 0 Å². The maximum atomic E-state index is 11.9. The zero-order chi connectivity index (χ0) is 14.3. The van der Waals surface area contributed by atoms with Crippen molar-refractivity contribution < 1.29 is 8.42 Å². The van der Waals surface area contributed by atoms with Crippen LogP contribution in [0.3, 0.4) is 0 Å². The average Bonchev–Trinajstić information content (AvgIpc) is 2.39. The van der Waals surface area contributed by atoms with Crippen molar-refractivity contribution in [3.05, 3.63) is 24.3 Å². The van der Waals surface area contributed by atoms with Crippen LogP contribution in [0.2, 0.25) is 0 Å². The van der Waals surface area contributed by atoms with Crippen LogP contribution < -0.4 is 11.1 Å². The molecule has 0 saturated carbocycles. The molecule has 0 saturated heterocycles. The molecule has 1 aromatic rings. The summed E-state index contributed by atoms with van der Waals surface area (Å²) in [6, 6.07) is 7.17. The summed E-state index contributed by atoms with van der Waals surface area (Å²) in [6.45, 7) is 4.55. The second kappa shape index (κ2) is 7.50. The smallest absolute Gasteiger partial charge is 0.178 e. The molecule has 0 heterocycles. The second-order valence-electron chi connectivity index (χ2n) is 4.71. The molecule has 1 aromatic carbocycles. The molecule has 108 valence electrons. The third-order valence-electron chi connectivity index (χ3n) is 2.98. The number of sulfone groups is 1. The Morgan fingerprint density at radius 3 is 2.26 bits per heavy atom. The molecule has 0 aliphatic carbocycles. The van der Waals surface area contributed by atoms with E-state index in [9.17, 15) is 8.42 Å². The standard InChI is InChI=1S/C14H24N2O2S/c1-3-5-13(11-15)16-12-6-8-14(9-7-12)19(17,18)10-4-2/h6-9,13,16H,3-5,10-11,15H2,1-2H3. The molecule has 0 aromatic heterocycles. The van der Waals surface area contributed by atoms with Crippen LogP contribution >= 0.6 is 0 Å². The Morgan fingerprint density at radius 2 is 1.79 bits per heavy atom. The number of anilines is 1. The maximum Gasteiger partial charge on any atom is 0.178 e. The molecular formula is C14H24N2O2S. The fourth-order valence-corrected chi connectivity index (χ4v) is 3.30. The molecule has 4 nitrogen and oxygen atoms in total. The van der Waals surface area contributed by atoms with Gasteiger partial charge >= 0.3 is 0 Å². The minimum atomic E-state index is -3.12. The lowest BCUT2D eigenvalue weighted by molar-refractivity contribution is 0.594. The second-order valence-corrected chi connectivity index (χ2v) is 6.82. The van der Waals surface area contributed by atoms with Crippen molar-refractivity contribution in [2.24, 2.45) is 5.73 Å². The predicted octanol–water partition coefficient (Wildman–Crippen LogP) is 2.41. The molecule has 1 atom stereocenters. The van der Waals surface area contributed by atoms with Crippen LogP contribution in [0, 0.1) is 0 Å². The van der Waals surface area contributed by atoms with Crippen LogP contribution in [0.5, 0.6) is 0 Å². The fourth-order valence-electron chi connectivity index (χ4n) is 1.98. The van der Waals surface area contributed by atoms with Crippen LogP contribution in [0.4, 0.5) is 5.69 Å². The first-order valence-corrected chi connectivity index (χ1v) is 8.48. The Bertz CT molecular complexity index is 469. The number of benzene rings is 1. The van der Waals surface area contributed by atoms with Crippen LogP contribution in [-0.4, -0.2) is 26.8 Å². The first kappa shape index (κ1) is 16.0. The molecule has 0 aliphatic heterocycles. The van der Waals surface area contributed by atoms with Crippen molar-refractivity contribution in [1.29, 1.82) is 0 Å². The van der Waals surface area contributed by atoms with E-state index in [1.807, 2.05) is 6.92 Å². The van der Waals surface area contributed by atoms with E-state index >= 15 is 0 Å². The molecule has 0 amide bonds. The number of rotatable bonds is 8. The number of nitrogens with one attached hydrogen (secondary N) is 1. The number of hydrogen-bond acceptors (Lipinski definition) is 4. The summed E-state index contributed by atoms with van der Waals surface area (Å²) >= 11 is 0. The van der Waals surface area contributed by atoms with Gasteiger partial charge in [-0.05, 0) is 37.1 Å². The van der Waals surface area contributed by atoms with Crippen LogP contribution in [0.15, 0.2) is 29.2 Å². The number of nitrogens with two attached hydrogens (primary N) is 1. The molecule has 0 aliphatic rings. The summed E-state index contributed by atoms with van der Waals surface area (Å²) in [5, 5.41) is 3.32. The Labute approximate surface area is 116 Å². The highest BCUT2D eigenvalue weighted by Crippen LogP contribution is 2.17. The zero-order valence-electron chi connectivity index (χ0n) is 11.7. The third kappa shape index (κ3) is 4.84. The monoisotopic (exact) mass is 284 g/mol. The minimum Gasteiger partial charge on any atom is -0.381 e. The van der Waals surface area contributed by atoms with Gasteiger partial charge in [-0.2, -0.15) is 0 Å². The van der Waals surface area contributed by atoms with E-state index in [2.05, 4.69) is 12.2 Å². The van der Waals surface area contributed by atoms with E-state index in [1.54, 1.807) is 24.3 Å². The van der Waals surface area contributed by atoms with E-state index in [0.717, 1.165) is 18.5 Å². The Kier molecular flexibility index (Phi) is 6.31. The third-order valence-corrected chi connectivity index (χ3v) is 4.91. The molecule has 0 spiro atoms. The van der Waals surface area contributed by atoms with E-state index in [-0.39, 0.29) is 11.8 Å². The molecule has 1 unspecified atom stereocenters. The first-order valence-electron chi connectivity index (χ1n) is 6.83. The lowest BCUT2D eigenvalue weighted by atomic mass is 10.1. The summed E-state index contributed by atoms with van der Waals surface area (Å²) in [5.41, 5.74) is 6.60. The van der Waals surface area contributed by atoms with E-state index in [4.69, 9.17) is 5.73 Å². The topological polar surface area (TPSA) is 72.2 Å². The Hall–Kier alpha value is -1.07. The van der Waals surface area contributed by atoms with Crippen LogP contribution in [0.1, 0.15) is 33.1 Å². The average molecular weight is 284 g/mol. The minimum absolute atomic E-state index is 0.195. The summed E-state index contributed by atoms with van der Waals surface area (Å²) in [5.74, 6) is 0.195. The SMILES string of the molecule is CCCC(CN)Nc1ccc(S(=O)(=O)CCC)cc1. The van der Waals surface area contributed by atoms with Gasteiger partial charge in [0, 0.05) is 18.3 Å². The van der Waals surface area contributed by atoms with Crippen molar-refractivity contribution in [1.82, 2.24) is 0 Å². The molecule has 3 N–H and O–H groups in total. The van der Waals surface area contributed by atoms with Crippen molar-refractivity contribution >= 4 is 15.5 Å². The summed E-state index contributed by atoms with van der Waals surface area (Å²) in [6.07, 6.45) is 2.71. The maximum absolute atomic E-state index is 11.9. The molecular weight excluding hydrogens is 260 g/mol. The molecule has 0 fully saturated rings. The largest absolute Gasteiger partial charge is 0.381 e. The van der Waals surface area contributed by atoms with Gasteiger partial charge < -0.3 is 11.1 Å². The van der Waals surface area contributed by atoms with Crippen molar-refractivity contribution in [3.63, 3.8) is 0 Å². The van der Waals surface area contributed by atoms with Gasteiger partial charge in [-0.25, -0.2) is 8.42 Å². The molecule has 0 radical (unpaired) electrons. The van der Waals surface area contributed by atoms with Gasteiger partial charge in [0.1, 0.15) is 0 Å². The van der Waals surface area contributed by atoms with Crippen molar-refractivity contribution in [2.75, 3.05) is 17.6 Å². The highest BCUT2D eigenvalue weighted by atomic mass is 32.2. The summed E-state index contributed by atoms with van der Waals surface area (Å²) < 4.78 is 23.8. The Balaban J connectivity index is 2.76. The van der Waals surface area contributed by atoms with E-state index in [0.29, 0.717) is 17.9 Å². The number of hydrogen-bond donors (Lipinski definition) is 2. The van der Waals surface area contributed by atoms with Gasteiger partial charge in [-0.3, -0.25) is 0 Å². The van der Waals surface area contributed by atoms with Crippen molar-refractivity contribution in [3.8, 4) is 0 Å². The quantitative estimate of drug-likeness (QED) is 0.769. The lowest BCUT2D eigenvalue weighted by Gasteiger charge is -2.17. The van der Waals surface area contributed by atoms with Gasteiger partial charge in [0.05, 0.1) is 10.6 Å². The summed E-state index contributed by atoms with van der Waals surface area (Å²) in [7, 11) is -3.12. The van der Waals surface area contributed by atoms with E-state index < -0.39 is 9.84 Å². The van der Waals surface area contributed by atoms with Crippen LogP contribution in [-0.2, 0) is 9.84 Å². The highest BCUT2D eigenvalue weighted by Gasteiger charge is 2.13. The Morgan fingerprint density at radius 1 is 1.16 bits per heavy atom. The predicted molar refractivity (Wildman–Crippen MR) is 80.2 cm³/mol. The fraction of sp³-hybridized carbons (Fsp3) is 0.571.